The van der Waals surface area contributed by atoms with Crippen molar-refractivity contribution < 1.29 is 12.8 Å². The average Bonchev–Trinajstić information content (AvgIpc) is 2.16. The molecule has 1 aromatic heterocycles. The van der Waals surface area contributed by atoms with Crippen LogP contribution < -0.4 is 5.73 Å². The molecule has 0 radical (unpaired) electrons. The van der Waals surface area contributed by atoms with E-state index in [1.54, 1.807) is 0 Å². The minimum Gasteiger partial charge on any atom is -0.324 e. The highest BCUT2D eigenvalue weighted by Crippen LogP contribution is 2.18. The molecule has 2 N–H and O–H groups in total. The Kier molecular flexibility index (Phi) is 4.37. The summed E-state index contributed by atoms with van der Waals surface area (Å²) in [5.74, 6) is -0.373. The van der Waals surface area contributed by atoms with E-state index in [0.29, 0.717) is 18.4 Å². The van der Waals surface area contributed by atoms with Crippen molar-refractivity contribution in [3.8, 4) is 0 Å². The van der Waals surface area contributed by atoms with Gasteiger partial charge in [0, 0.05) is 29.8 Å². The van der Waals surface area contributed by atoms with Crippen LogP contribution in [-0.2, 0) is 9.84 Å². The highest BCUT2D eigenvalue weighted by molar-refractivity contribution is 7.90. The van der Waals surface area contributed by atoms with E-state index in [-0.39, 0.29) is 5.75 Å². The second kappa shape index (κ2) is 5.36. The SMILES string of the molecule is CS(=O)(=O)CCCC(N)c1ccncc1F. The molecule has 0 aliphatic rings. The maximum Gasteiger partial charge on any atom is 0.147 e. The Labute approximate surface area is 94.6 Å². The van der Waals surface area contributed by atoms with Crippen molar-refractivity contribution in [2.75, 3.05) is 12.0 Å². The standard InChI is InChI=1S/C10H15FN2O2S/c1-16(14,15)6-2-3-10(12)8-4-5-13-7-9(8)11/h4-5,7,10H,2-3,6,12H2,1H3. The molecule has 90 valence electrons. The Hall–Kier alpha value is -1.01. The molecule has 16 heavy (non-hydrogen) atoms. The molecule has 1 aromatic rings. The zero-order valence-corrected chi connectivity index (χ0v) is 9.87. The van der Waals surface area contributed by atoms with Crippen LogP contribution in [0.3, 0.4) is 0 Å². The van der Waals surface area contributed by atoms with Crippen LogP contribution in [-0.4, -0.2) is 25.4 Å². The van der Waals surface area contributed by atoms with Crippen molar-refractivity contribution in [3.05, 3.63) is 29.8 Å². The summed E-state index contributed by atoms with van der Waals surface area (Å²) in [6, 6.07) is 1.03. The average molecular weight is 246 g/mol. The lowest BCUT2D eigenvalue weighted by molar-refractivity contribution is 0.551. The lowest BCUT2D eigenvalue weighted by Gasteiger charge is -2.11. The van der Waals surface area contributed by atoms with E-state index in [1.807, 2.05) is 0 Å². The first kappa shape index (κ1) is 13.1. The van der Waals surface area contributed by atoms with E-state index in [0.717, 1.165) is 6.20 Å². The second-order valence-corrected chi connectivity index (χ2v) is 6.04. The fraction of sp³-hybridized carbons (Fsp3) is 0.500. The van der Waals surface area contributed by atoms with Gasteiger partial charge in [-0.25, -0.2) is 12.8 Å². The van der Waals surface area contributed by atoms with Crippen LogP contribution in [0.25, 0.3) is 0 Å². The monoisotopic (exact) mass is 246 g/mol. The molecule has 0 spiro atoms. The number of nitrogens with two attached hydrogens (primary N) is 1. The zero-order valence-electron chi connectivity index (χ0n) is 9.06. The van der Waals surface area contributed by atoms with Gasteiger partial charge in [-0.3, -0.25) is 4.98 Å². The zero-order chi connectivity index (χ0) is 12.2. The maximum absolute atomic E-state index is 13.2. The summed E-state index contributed by atoms with van der Waals surface area (Å²) < 4.78 is 35.0. The van der Waals surface area contributed by atoms with Crippen molar-refractivity contribution in [2.24, 2.45) is 5.73 Å². The quantitative estimate of drug-likeness (QED) is 0.842. The Morgan fingerprint density at radius 1 is 1.56 bits per heavy atom. The molecule has 4 nitrogen and oxygen atoms in total. The molecule has 1 atom stereocenters. The van der Waals surface area contributed by atoms with Gasteiger partial charge in [-0.05, 0) is 18.9 Å². The van der Waals surface area contributed by atoms with Crippen molar-refractivity contribution in [1.82, 2.24) is 4.98 Å². The Balaban J connectivity index is 2.54. The van der Waals surface area contributed by atoms with E-state index in [4.69, 9.17) is 5.73 Å². The Morgan fingerprint density at radius 3 is 2.81 bits per heavy atom. The summed E-state index contributed by atoms with van der Waals surface area (Å²) in [5, 5.41) is 0. The summed E-state index contributed by atoms with van der Waals surface area (Å²) in [5.41, 5.74) is 6.14. The molecular weight excluding hydrogens is 231 g/mol. The molecule has 1 unspecified atom stereocenters. The number of nitrogens with zero attached hydrogens (tertiary/aromatic N) is 1. The van der Waals surface area contributed by atoms with Crippen LogP contribution in [0.1, 0.15) is 24.4 Å². The normalized spacial score (nSPS) is 13.7. The Morgan fingerprint density at radius 2 is 2.25 bits per heavy atom. The molecular formula is C10H15FN2O2S. The van der Waals surface area contributed by atoms with Crippen molar-refractivity contribution in [1.29, 1.82) is 0 Å². The minimum absolute atomic E-state index is 0.0768. The van der Waals surface area contributed by atoms with Gasteiger partial charge in [-0.15, -0.1) is 0 Å². The van der Waals surface area contributed by atoms with E-state index in [1.165, 1.54) is 18.5 Å². The first-order chi connectivity index (χ1) is 7.40. The Bertz CT molecular complexity index is 448. The van der Waals surface area contributed by atoms with Gasteiger partial charge in [0.1, 0.15) is 15.7 Å². The molecule has 0 aliphatic heterocycles. The minimum atomic E-state index is -2.97. The number of pyridine rings is 1. The third kappa shape index (κ3) is 4.24. The summed E-state index contributed by atoms with van der Waals surface area (Å²) in [7, 11) is -2.97. The first-order valence-corrected chi connectivity index (χ1v) is 6.99. The largest absolute Gasteiger partial charge is 0.324 e. The van der Waals surface area contributed by atoms with Gasteiger partial charge in [0.2, 0.25) is 0 Å². The van der Waals surface area contributed by atoms with Crippen molar-refractivity contribution in [3.63, 3.8) is 0 Å². The van der Waals surface area contributed by atoms with Gasteiger partial charge in [0.15, 0.2) is 0 Å². The molecule has 0 amide bonds. The number of halogens is 1. The summed E-state index contributed by atoms with van der Waals surface area (Å²) in [6.07, 6.45) is 4.61. The molecule has 1 heterocycles. The van der Waals surface area contributed by atoms with Crippen LogP contribution in [0, 0.1) is 5.82 Å². The van der Waals surface area contributed by atoms with E-state index < -0.39 is 21.7 Å². The van der Waals surface area contributed by atoms with Crippen LogP contribution in [0.2, 0.25) is 0 Å². The highest BCUT2D eigenvalue weighted by atomic mass is 32.2. The van der Waals surface area contributed by atoms with Gasteiger partial charge in [0.05, 0.1) is 6.20 Å². The number of hydrogen-bond donors (Lipinski definition) is 1. The van der Waals surface area contributed by atoms with Crippen LogP contribution in [0.5, 0.6) is 0 Å². The maximum atomic E-state index is 13.2. The summed E-state index contributed by atoms with van der Waals surface area (Å²) in [6.45, 7) is 0. The fourth-order valence-electron chi connectivity index (χ4n) is 1.41. The van der Waals surface area contributed by atoms with E-state index in [9.17, 15) is 12.8 Å². The van der Waals surface area contributed by atoms with Crippen LogP contribution in [0.15, 0.2) is 18.5 Å². The van der Waals surface area contributed by atoms with Crippen molar-refractivity contribution in [2.45, 2.75) is 18.9 Å². The lowest BCUT2D eigenvalue weighted by Crippen LogP contribution is -2.14. The van der Waals surface area contributed by atoms with Gasteiger partial charge in [-0.1, -0.05) is 0 Å². The third-order valence-electron chi connectivity index (χ3n) is 2.23. The first-order valence-electron chi connectivity index (χ1n) is 4.93. The molecule has 0 fully saturated rings. The molecule has 0 saturated heterocycles. The molecule has 0 saturated carbocycles. The van der Waals surface area contributed by atoms with Crippen molar-refractivity contribution >= 4 is 9.84 Å². The van der Waals surface area contributed by atoms with E-state index in [2.05, 4.69) is 4.98 Å². The second-order valence-electron chi connectivity index (χ2n) is 3.78. The fourth-order valence-corrected chi connectivity index (χ4v) is 2.10. The van der Waals surface area contributed by atoms with Gasteiger partial charge < -0.3 is 5.73 Å². The molecule has 0 bridgehead atoms. The number of rotatable bonds is 5. The van der Waals surface area contributed by atoms with Gasteiger partial charge in [-0.2, -0.15) is 0 Å². The highest BCUT2D eigenvalue weighted by Gasteiger charge is 2.12. The molecule has 0 aliphatic carbocycles. The molecule has 1 rings (SSSR count). The lowest BCUT2D eigenvalue weighted by atomic mass is 10.0. The predicted octanol–water partition coefficient (Wildman–Crippen LogP) is 1.05. The molecule has 0 aromatic carbocycles. The van der Waals surface area contributed by atoms with Crippen LogP contribution in [0.4, 0.5) is 4.39 Å². The van der Waals surface area contributed by atoms with E-state index >= 15 is 0 Å². The topological polar surface area (TPSA) is 73.0 Å². The van der Waals surface area contributed by atoms with Gasteiger partial charge in [0.25, 0.3) is 0 Å². The third-order valence-corrected chi connectivity index (χ3v) is 3.26. The summed E-state index contributed by atoms with van der Waals surface area (Å²) in [4.78, 5) is 3.62. The smallest absolute Gasteiger partial charge is 0.147 e. The number of aromatic nitrogens is 1. The molecule has 6 heteroatoms. The van der Waals surface area contributed by atoms with Gasteiger partial charge >= 0.3 is 0 Å². The van der Waals surface area contributed by atoms with Crippen LogP contribution >= 0.6 is 0 Å². The number of hydrogen-bond acceptors (Lipinski definition) is 4. The number of sulfone groups is 1. The summed E-state index contributed by atoms with van der Waals surface area (Å²) >= 11 is 0. The predicted molar refractivity (Wildman–Crippen MR) is 60.1 cm³/mol.